The van der Waals surface area contributed by atoms with Crippen LogP contribution in [-0.4, -0.2) is 42.1 Å². The van der Waals surface area contributed by atoms with Crippen LogP contribution in [0.15, 0.2) is 57.3 Å². The minimum atomic E-state index is -0.498. The predicted octanol–water partition coefficient (Wildman–Crippen LogP) is 8.19. The van der Waals surface area contributed by atoms with E-state index in [0.29, 0.717) is 42.0 Å². The molecule has 1 heterocycles. The molecule has 0 bridgehead atoms. The maximum absolute atomic E-state index is 14.0. The molecule has 3 aliphatic rings. The summed E-state index contributed by atoms with van der Waals surface area (Å²) >= 11 is 3.69. The number of hydrogen-bond acceptors (Lipinski definition) is 6. The SMILES string of the molecule is CCOc1cc(C2C3=C(CC(C)(C)CC3=O)N(CC)C3=C2C(=O)CC(C)(C)C3)cc(Br)c1OCC(=O)Nc1cccc(C)c1C. The third kappa shape index (κ3) is 6.49. The van der Waals surface area contributed by atoms with Crippen LogP contribution in [0.5, 0.6) is 11.5 Å². The zero-order valence-corrected chi connectivity index (χ0v) is 29.4. The molecule has 45 heavy (non-hydrogen) atoms. The van der Waals surface area contributed by atoms with E-state index < -0.39 is 5.92 Å². The van der Waals surface area contributed by atoms with Crippen molar-refractivity contribution in [2.45, 2.75) is 87.0 Å². The molecule has 2 aliphatic carbocycles. The van der Waals surface area contributed by atoms with Crippen LogP contribution in [0.3, 0.4) is 0 Å². The number of Topliss-reactive ketones (excluding diaryl/α,β-unsaturated/α-hetero) is 2. The molecule has 7 nitrogen and oxygen atoms in total. The molecule has 8 heteroatoms. The first-order valence-corrected chi connectivity index (χ1v) is 16.7. The summed E-state index contributed by atoms with van der Waals surface area (Å²) in [6.07, 6.45) is 2.39. The van der Waals surface area contributed by atoms with Gasteiger partial charge in [0.25, 0.3) is 5.91 Å². The van der Waals surface area contributed by atoms with Crippen molar-refractivity contribution in [3.63, 3.8) is 0 Å². The van der Waals surface area contributed by atoms with Crippen LogP contribution in [0.1, 0.15) is 89.8 Å². The Hall–Kier alpha value is -3.39. The molecule has 0 atom stereocenters. The molecular formula is C37H45BrN2O5. The summed E-state index contributed by atoms with van der Waals surface area (Å²) in [5.41, 5.74) is 6.80. The highest BCUT2D eigenvalue weighted by Crippen LogP contribution is 2.55. The Balaban J connectivity index is 1.56. The quantitative estimate of drug-likeness (QED) is 0.304. The van der Waals surface area contributed by atoms with Gasteiger partial charge in [0.05, 0.1) is 11.1 Å². The predicted molar refractivity (Wildman–Crippen MR) is 181 cm³/mol. The molecule has 0 saturated heterocycles. The lowest BCUT2D eigenvalue weighted by Gasteiger charge is -2.49. The zero-order valence-electron chi connectivity index (χ0n) is 27.8. The second-order valence-electron chi connectivity index (χ2n) is 14.1. The number of nitrogens with one attached hydrogen (secondary N) is 1. The standard InChI is InChI=1S/C37H45BrN2O5/c1-9-40-26-16-36(5,6)18-28(41)33(26)32(34-27(40)17-37(7,8)19-29(34)42)23-14-24(38)35(30(15-23)44-10-2)45-20-31(43)39-25-13-11-12-21(3)22(25)4/h11-15,32H,9-10,16-20H2,1-8H3,(H,39,43). The van der Waals surface area contributed by atoms with Crippen molar-refractivity contribution < 1.29 is 23.9 Å². The smallest absolute Gasteiger partial charge is 0.262 e. The fraction of sp³-hybridized carbons (Fsp3) is 0.486. The van der Waals surface area contributed by atoms with Gasteiger partial charge in [-0.1, -0.05) is 39.8 Å². The van der Waals surface area contributed by atoms with Gasteiger partial charge in [0, 0.05) is 53.5 Å². The van der Waals surface area contributed by atoms with E-state index in [1.807, 2.05) is 51.1 Å². The molecule has 0 saturated carbocycles. The van der Waals surface area contributed by atoms with Gasteiger partial charge in [0.1, 0.15) is 0 Å². The number of hydrogen-bond donors (Lipinski definition) is 1. The number of halogens is 1. The Labute approximate surface area is 275 Å². The van der Waals surface area contributed by atoms with Crippen molar-refractivity contribution in [3.05, 3.63) is 74.0 Å². The van der Waals surface area contributed by atoms with E-state index in [0.717, 1.165) is 57.8 Å². The lowest BCUT2D eigenvalue weighted by molar-refractivity contribution is -0.120. The average Bonchev–Trinajstić information content (AvgIpc) is 2.93. The lowest BCUT2D eigenvalue weighted by atomic mass is 9.63. The molecule has 1 aliphatic heterocycles. The summed E-state index contributed by atoms with van der Waals surface area (Å²) in [6.45, 7) is 17.4. The second kappa shape index (κ2) is 12.4. The Kier molecular flexibility index (Phi) is 9.11. The highest BCUT2D eigenvalue weighted by Gasteiger charge is 2.48. The van der Waals surface area contributed by atoms with E-state index in [2.05, 4.69) is 60.8 Å². The Morgan fingerprint density at radius 2 is 1.53 bits per heavy atom. The summed E-state index contributed by atoms with van der Waals surface area (Å²) in [5.74, 6) is 0.249. The number of carbonyl (C=O) groups is 3. The molecule has 1 N–H and O–H groups in total. The van der Waals surface area contributed by atoms with Crippen LogP contribution in [0.25, 0.3) is 0 Å². The maximum Gasteiger partial charge on any atom is 0.262 e. The molecule has 0 fully saturated rings. The first-order valence-electron chi connectivity index (χ1n) is 15.9. The number of nitrogens with zero attached hydrogens (tertiary/aromatic N) is 1. The van der Waals surface area contributed by atoms with Crippen LogP contribution < -0.4 is 14.8 Å². The minimum absolute atomic E-state index is 0.0893. The lowest BCUT2D eigenvalue weighted by Crippen LogP contribution is -2.44. The van der Waals surface area contributed by atoms with Crippen molar-refractivity contribution in [2.24, 2.45) is 10.8 Å². The molecular weight excluding hydrogens is 632 g/mol. The van der Waals surface area contributed by atoms with Crippen molar-refractivity contribution >= 4 is 39.1 Å². The highest BCUT2D eigenvalue weighted by molar-refractivity contribution is 9.10. The molecule has 2 aromatic rings. The molecule has 5 rings (SSSR count). The molecule has 240 valence electrons. The average molecular weight is 678 g/mol. The Bertz CT molecular complexity index is 1580. The maximum atomic E-state index is 14.0. The molecule has 0 spiro atoms. The molecule has 0 unspecified atom stereocenters. The normalized spacial score (nSPS) is 19.4. The molecule has 0 radical (unpaired) electrons. The number of benzene rings is 2. The minimum Gasteiger partial charge on any atom is -0.490 e. The fourth-order valence-electron chi connectivity index (χ4n) is 7.13. The van der Waals surface area contributed by atoms with Gasteiger partial charge in [-0.05, 0) is 102 Å². The number of ether oxygens (including phenoxy) is 2. The van der Waals surface area contributed by atoms with Crippen molar-refractivity contribution in [1.29, 1.82) is 0 Å². The summed E-state index contributed by atoms with van der Waals surface area (Å²) in [4.78, 5) is 43.2. The monoisotopic (exact) mass is 676 g/mol. The Morgan fingerprint density at radius 1 is 0.933 bits per heavy atom. The van der Waals surface area contributed by atoms with Crippen molar-refractivity contribution in [1.82, 2.24) is 4.90 Å². The van der Waals surface area contributed by atoms with E-state index >= 15 is 0 Å². The van der Waals surface area contributed by atoms with Gasteiger partial charge in [-0.25, -0.2) is 0 Å². The number of ketones is 2. The third-order valence-electron chi connectivity index (χ3n) is 9.23. The summed E-state index contributed by atoms with van der Waals surface area (Å²) in [7, 11) is 0. The summed E-state index contributed by atoms with van der Waals surface area (Å²) < 4.78 is 12.7. The number of allylic oxidation sites excluding steroid dienone is 4. The van der Waals surface area contributed by atoms with Crippen molar-refractivity contribution in [2.75, 3.05) is 25.1 Å². The van der Waals surface area contributed by atoms with Crippen molar-refractivity contribution in [3.8, 4) is 11.5 Å². The second-order valence-corrected chi connectivity index (χ2v) is 15.0. The van der Waals surface area contributed by atoms with E-state index in [1.54, 1.807) is 0 Å². The highest BCUT2D eigenvalue weighted by atomic mass is 79.9. The zero-order chi connectivity index (χ0) is 32.8. The van der Waals surface area contributed by atoms with E-state index in [-0.39, 0.29) is 34.9 Å². The number of aryl methyl sites for hydroxylation is 1. The largest absolute Gasteiger partial charge is 0.490 e. The van der Waals surface area contributed by atoms with Gasteiger partial charge >= 0.3 is 0 Å². The van der Waals surface area contributed by atoms with Crippen LogP contribution in [-0.2, 0) is 14.4 Å². The summed E-state index contributed by atoms with van der Waals surface area (Å²) in [6, 6.07) is 9.58. The Morgan fingerprint density at radius 3 is 2.09 bits per heavy atom. The fourth-order valence-corrected chi connectivity index (χ4v) is 7.71. The van der Waals surface area contributed by atoms with Gasteiger partial charge in [0.15, 0.2) is 29.7 Å². The number of carbonyl (C=O) groups excluding carboxylic acids is 3. The van der Waals surface area contributed by atoms with E-state index in [1.165, 1.54) is 0 Å². The molecule has 2 aromatic carbocycles. The van der Waals surface area contributed by atoms with Crippen LogP contribution in [0.2, 0.25) is 0 Å². The first kappa shape index (κ1) is 33.0. The molecule has 0 aromatic heterocycles. The number of rotatable bonds is 8. The van der Waals surface area contributed by atoms with Crippen LogP contribution in [0.4, 0.5) is 5.69 Å². The third-order valence-corrected chi connectivity index (χ3v) is 9.82. The van der Waals surface area contributed by atoms with Gasteiger partial charge in [-0.2, -0.15) is 0 Å². The van der Waals surface area contributed by atoms with Gasteiger partial charge in [-0.3, -0.25) is 14.4 Å². The van der Waals surface area contributed by atoms with Crippen LogP contribution in [0, 0.1) is 24.7 Å². The molecule has 1 amide bonds. The van der Waals surface area contributed by atoms with E-state index in [9.17, 15) is 14.4 Å². The van der Waals surface area contributed by atoms with Gasteiger partial charge < -0.3 is 19.7 Å². The topological polar surface area (TPSA) is 84.9 Å². The number of amides is 1. The van der Waals surface area contributed by atoms with Gasteiger partial charge in [-0.15, -0.1) is 0 Å². The van der Waals surface area contributed by atoms with Gasteiger partial charge in [0.2, 0.25) is 0 Å². The van der Waals surface area contributed by atoms with Crippen LogP contribution >= 0.6 is 15.9 Å². The summed E-state index contributed by atoms with van der Waals surface area (Å²) in [5, 5.41) is 2.94. The number of anilines is 1. The van der Waals surface area contributed by atoms with E-state index in [4.69, 9.17) is 9.47 Å². The first-order chi connectivity index (χ1) is 21.2.